The van der Waals surface area contributed by atoms with Crippen LogP contribution < -0.4 is 14.8 Å². The number of rotatable bonds is 3. The normalized spacial score (nSPS) is 22.8. The van der Waals surface area contributed by atoms with E-state index in [9.17, 15) is 14.7 Å². The van der Waals surface area contributed by atoms with Crippen LogP contribution in [0.4, 0.5) is 4.79 Å². The standard InChI is InChI=1S/C17H22N2O5/c1-11-6-13(16(20)21)10-19(9-11)17(22)18-8-12-2-3-14-15(7-12)24-5-4-23-14/h2-3,7,11,13H,4-6,8-10H2,1H3,(H,18,22)(H,20,21). The molecule has 7 nitrogen and oxygen atoms in total. The quantitative estimate of drug-likeness (QED) is 0.878. The number of carboxylic acid groups (broad SMARTS) is 1. The van der Waals surface area contributed by atoms with Gasteiger partial charge in [-0.2, -0.15) is 0 Å². The minimum Gasteiger partial charge on any atom is -0.486 e. The van der Waals surface area contributed by atoms with E-state index in [1.54, 1.807) is 4.90 Å². The topological polar surface area (TPSA) is 88.1 Å². The molecule has 0 radical (unpaired) electrons. The maximum atomic E-state index is 12.3. The van der Waals surface area contributed by atoms with Crippen molar-refractivity contribution in [2.75, 3.05) is 26.3 Å². The van der Waals surface area contributed by atoms with Crippen LogP contribution in [0.2, 0.25) is 0 Å². The summed E-state index contributed by atoms with van der Waals surface area (Å²) in [5, 5.41) is 12.0. The van der Waals surface area contributed by atoms with Gasteiger partial charge in [-0.3, -0.25) is 4.79 Å². The van der Waals surface area contributed by atoms with Gasteiger partial charge in [-0.1, -0.05) is 13.0 Å². The lowest BCUT2D eigenvalue weighted by atomic mass is 9.91. The highest BCUT2D eigenvalue weighted by molar-refractivity contribution is 5.76. The molecule has 7 heteroatoms. The first-order valence-electron chi connectivity index (χ1n) is 8.17. The minimum absolute atomic E-state index is 0.180. The fourth-order valence-corrected chi connectivity index (χ4v) is 3.18. The molecule has 1 fully saturated rings. The zero-order valence-electron chi connectivity index (χ0n) is 13.7. The van der Waals surface area contributed by atoms with Crippen LogP contribution in [0.1, 0.15) is 18.9 Å². The van der Waals surface area contributed by atoms with Gasteiger partial charge >= 0.3 is 12.0 Å². The average Bonchev–Trinajstić information content (AvgIpc) is 2.58. The molecule has 1 aromatic carbocycles. The van der Waals surface area contributed by atoms with Crippen molar-refractivity contribution >= 4 is 12.0 Å². The number of nitrogens with one attached hydrogen (secondary N) is 1. The third kappa shape index (κ3) is 3.72. The van der Waals surface area contributed by atoms with Gasteiger partial charge in [0.15, 0.2) is 11.5 Å². The molecule has 2 amide bonds. The number of amides is 2. The third-order valence-electron chi connectivity index (χ3n) is 4.35. The second kappa shape index (κ2) is 6.98. The van der Waals surface area contributed by atoms with Gasteiger partial charge < -0.3 is 24.8 Å². The van der Waals surface area contributed by atoms with E-state index in [0.29, 0.717) is 44.2 Å². The minimum atomic E-state index is -0.841. The van der Waals surface area contributed by atoms with Gasteiger partial charge in [0.25, 0.3) is 0 Å². The number of hydrogen-bond donors (Lipinski definition) is 2. The number of nitrogens with zero attached hydrogens (tertiary/aromatic N) is 1. The number of benzene rings is 1. The number of urea groups is 1. The van der Waals surface area contributed by atoms with Crippen LogP contribution in [-0.4, -0.2) is 48.3 Å². The molecule has 0 aromatic heterocycles. The van der Waals surface area contributed by atoms with E-state index in [0.717, 1.165) is 5.56 Å². The van der Waals surface area contributed by atoms with Crippen LogP contribution in [0, 0.1) is 11.8 Å². The molecular weight excluding hydrogens is 312 g/mol. The van der Waals surface area contributed by atoms with Crippen molar-refractivity contribution in [3.05, 3.63) is 23.8 Å². The number of hydrogen-bond acceptors (Lipinski definition) is 4. The predicted molar refractivity (Wildman–Crippen MR) is 86.1 cm³/mol. The Bertz CT molecular complexity index is 633. The summed E-state index contributed by atoms with van der Waals surface area (Å²) >= 11 is 0. The van der Waals surface area contributed by atoms with Crippen LogP contribution in [-0.2, 0) is 11.3 Å². The van der Waals surface area contributed by atoms with Gasteiger partial charge in [0, 0.05) is 19.6 Å². The summed E-state index contributed by atoms with van der Waals surface area (Å²) in [5.74, 6) is 0.246. The Labute approximate surface area is 140 Å². The highest BCUT2D eigenvalue weighted by atomic mass is 16.6. The summed E-state index contributed by atoms with van der Waals surface area (Å²) in [6, 6.07) is 5.34. The molecule has 2 aliphatic heterocycles. The lowest BCUT2D eigenvalue weighted by molar-refractivity contribution is -0.143. The van der Waals surface area contributed by atoms with Crippen molar-refractivity contribution in [3.63, 3.8) is 0 Å². The first kappa shape index (κ1) is 16.4. The number of ether oxygens (including phenoxy) is 2. The van der Waals surface area contributed by atoms with Gasteiger partial charge in [-0.15, -0.1) is 0 Å². The summed E-state index contributed by atoms with van der Waals surface area (Å²) in [5.41, 5.74) is 0.910. The molecule has 2 unspecified atom stereocenters. The smallest absolute Gasteiger partial charge is 0.317 e. The van der Waals surface area contributed by atoms with E-state index in [1.165, 1.54) is 0 Å². The molecular formula is C17H22N2O5. The zero-order valence-corrected chi connectivity index (χ0v) is 13.7. The largest absolute Gasteiger partial charge is 0.486 e. The van der Waals surface area contributed by atoms with E-state index in [2.05, 4.69) is 5.32 Å². The number of fused-ring (bicyclic) bond motifs is 1. The highest BCUT2D eigenvalue weighted by Gasteiger charge is 2.31. The molecule has 2 aliphatic rings. The van der Waals surface area contributed by atoms with Crippen molar-refractivity contribution in [2.45, 2.75) is 19.9 Å². The Morgan fingerprint density at radius 3 is 2.75 bits per heavy atom. The SMILES string of the molecule is CC1CC(C(=O)O)CN(C(=O)NCc2ccc3c(c2)OCCO3)C1. The molecule has 1 aromatic rings. The number of carboxylic acids is 1. The number of carbonyl (C=O) groups is 2. The van der Waals surface area contributed by atoms with Crippen LogP contribution in [0.25, 0.3) is 0 Å². The molecule has 2 heterocycles. The van der Waals surface area contributed by atoms with Crippen molar-refractivity contribution in [2.24, 2.45) is 11.8 Å². The van der Waals surface area contributed by atoms with Gasteiger partial charge in [0.1, 0.15) is 13.2 Å². The van der Waals surface area contributed by atoms with E-state index < -0.39 is 11.9 Å². The lowest BCUT2D eigenvalue weighted by Crippen LogP contribution is -2.49. The molecule has 130 valence electrons. The Morgan fingerprint density at radius 2 is 2.00 bits per heavy atom. The number of piperidine rings is 1. The summed E-state index contributed by atoms with van der Waals surface area (Å²) in [6.45, 7) is 4.23. The van der Waals surface area contributed by atoms with Crippen LogP contribution in [0.5, 0.6) is 11.5 Å². The van der Waals surface area contributed by atoms with Crippen LogP contribution >= 0.6 is 0 Å². The second-order valence-corrected chi connectivity index (χ2v) is 6.42. The van der Waals surface area contributed by atoms with Gasteiger partial charge in [0.2, 0.25) is 0 Å². The first-order chi connectivity index (χ1) is 11.5. The molecule has 0 saturated carbocycles. The fraction of sp³-hybridized carbons (Fsp3) is 0.529. The van der Waals surface area contributed by atoms with Crippen molar-refractivity contribution in [1.82, 2.24) is 10.2 Å². The van der Waals surface area contributed by atoms with Gasteiger partial charge in [-0.05, 0) is 30.0 Å². The molecule has 24 heavy (non-hydrogen) atoms. The van der Waals surface area contributed by atoms with Crippen molar-refractivity contribution in [1.29, 1.82) is 0 Å². The summed E-state index contributed by atoms with van der Waals surface area (Å²) in [7, 11) is 0. The first-order valence-corrected chi connectivity index (χ1v) is 8.17. The average molecular weight is 334 g/mol. The van der Waals surface area contributed by atoms with Gasteiger partial charge in [-0.25, -0.2) is 4.79 Å². The second-order valence-electron chi connectivity index (χ2n) is 6.42. The third-order valence-corrected chi connectivity index (χ3v) is 4.35. The summed E-state index contributed by atoms with van der Waals surface area (Å²) in [6.07, 6.45) is 0.612. The van der Waals surface area contributed by atoms with Crippen LogP contribution in [0.15, 0.2) is 18.2 Å². The summed E-state index contributed by atoms with van der Waals surface area (Å²) < 4.78 is 11.0. The van der Waals surface area contributed by atoms with E-state index >= 15 is 0 Å². The van der Waals surface area contributed by atoms with Gasteiger partial charge in [0.05, 0.1) is 5.92 Å². The highest BCUT2D eigenvalue weighted by Crippen LogP contribution is 2.30. The molecule has 0 bridgehead atoms. The Balaban J connectivity index is 1.58. The zero-order chi connectivity index (χ0) is 17.1. The Morgan fingerprint density at radius 1 is 1.25 bits per heavy atom. The Kier molecular flexibility index (Phi) is 4.78. The molecule has 1 saturated heterocycles. The molecule has 2 N–H and O–H groups in total. The molecule has 0 spiro atoms. The lowest BCUT2D eigenvalue weighted by Gasteiger charge is -2.34. The molecule has 2 atom stereocenters. The van der Waals surface area contributed by atoms with Crippen molar-refractivity contribution in [3.8, 4) is 11.5 Å². The summed E-state index contributed by atoms with van der Waals surface area (Å²) in [4.78, 5) is 25.1. The molecule has 3 rings (SSSR count). The monoisotopic (exact) mass is 334 g/mol. The van der Waals surface area contributed by atoms with E-state index in [4.69, 9.17) is 9.47 Å². The predicted octanol–water partition coefficient (Wildman–Crippen LogP) is 1.71. The van der Waals surface area contributed by atoms with Crippen LogP contribution in [0.3, 0.4) is 0 Å². The number of likely N-dealkylation sites (tertiary alicyclic amines) is 1. The van der Waals surface area contributed by atoms with E-state index in [-0.39, 0.29) is 18.5 Å². The fourth-order valence-electron chi connectivity index (χ4n) is 3.18. The molecule has 0 aliphatic carbocycles. The Hall–Kier alpha value is -2.44. The maximum absolute atomic E-state index is 12.3. The number of aliphatic carboxylic acids is 1. The maximum Gasteiger partial charge on any atom is 0.317 e. The van der Waals surface area contributed by atoms with E-state index in [1.807, 2.05) is 25.1 Å². The number of carbonyl (C=O) groups excluding carboxylic acids is 1. The van der Waals surface area contributed by atoms with Crippen molar-refractivity contribution < 1.29 is 24.2 Å².